The van der Waals surface area contributed by atoms with E-state index in [1.54, 1.807) is 0 Å². The van der Waals surface area contributed by atoms with E-state index in [2.05, 4.69) is 29.2 Å². The number of nitrogens with zero attached hydrogens (tertiary/aromatic N) is 1. The normalized spacial score (nSPS) is 24.5. The average molecular weight is 203 g/mol. The van der Waals surface area contributed by atoms with Crippen molar-refractivity contribution >= 4 is 5.69 Å². The summed E-state index contributed by atoms with van der Waals surface area (Å²) in [5.74, 6) is 0. The van der Waals surface area contributed by atoms with E-state index in [-0.39, 0.29) is 0 Å². The molecule has 0 radical (unpaired) electrons. The predicted octanol–water partition coefficient (Wildman–Crippen LogP) is 2.23. The van der Waals surface area contributed by atoms with Crippen molar-refractivity contribution in [1.82, 2.24) is 0 Å². The highest BCUT2D eigenvalue weighted by Gasteiger charge is 2.22. The summed E-state index contributed by atoms with van der Waals surface area (Å²) in [4.78, 5) is 2.47. The van der Waals surface area contributed by atoms with Gasteiger partial charge in [-0.25, -0.2) is 0 Å². The molecule has 0 aromatic heterocycles. The van der Waals surface area contributed by atoms with Crippen LogP contribution in [-0.4, -0.2) is 25.8 Å². The lowest BCUT2D eigenvalue weighted by Gasteiger charge is -2.17. The van der Waals surface area contributed by atoms with Gasteiger partial charge in [0.2, 0.25) is 0 Å². The molecule has 1 unspecified atom stereocenters. The van der Waals surface area contributed by atoms with E-state index < -0.39 is 0 Å². The molecule has 2 heteroatoms. The Labute approximate surface area is 90.8 Å². The molecule has 0 aliphatic carbocycles. The second kappa shape index (κ2) is 3.86. The van der Waals surface area contributed by atoms with Gasteiger partial charge in [0, 0.05) is 25.2 Å². The zero-order valence-electron chi connectivity index (χ0n) is 8.98. The Morgan fingerprint density at radius 3 is 2.40 bits per heavy atom. The van der Waals surface area contributed by atoms with Gasteiger partial charge in [-0.15, -0.1) is 0 Å². The molecule has 2 saturated heterocycles. The van der Waals surface area contributed by atoms with Crippen LogP contribution < -0.4 is 4.90 Å². The minimum absolute atomic E-state index is 0.502. The molecule has 2 nitrogen and oxygen atoms in total. The Kier molecular flexibility index (Phi) is 2.37. The van der Waals surface area contributed by atoms with Gasteiger partial charge in [-0.2, -0.15) is 0 Å². The quantitative estimate of drug-likeness (QED) is 0.700. The number of hydrogen-bond acceptors (Lipinski definition) is 2. The molecule has 15 heavy (non-hydrogen) atoms. The van der Waals surface area contributed by atoms with Crippen LogP contribution in [0.5, 0.6) is 0 Å². The minimum Gasteiger partial charge on any atom is -0.373 e. The Balaban J connectivity index is 1.68. The van der Waals surface area contributed by atoms with Crippen LogP contribution in [0, 0.1) is 0 Å². The average Bonchev–Trinajstić information content (AvgIpc) is 2.92. The summed E-state index contributed by atoms with van der Waals surface area (Å²) in [6.07, 6.45) is 4.28. The third-order valence-electron chi connectivity index (χ3n) is 3.27. The highest BCUT2D eigenvalue weighted by atomic mass is 16.6. The number of rotatable bonds is 3. The molecule has 1 atom stereocenters. The van der Waals surface area contributed by atoms with Crippen molar-refractivity contribution < 1.29 is 4.74 Å². The second-order valence-electron chi connectivity index (χ2n) is 4.52. The first-order valence-electron chi connectivity index (χ1n) is 5.87. The highest BCUT2D eigenvalue weighted by Crippen LogP contribution is 2.22. The van der Waals surface area contributed by atoms with Gasteiger partial charge >= 0.3 is 0 Å². The van der Waals surface area contributed by atoms with Crippen LogP contribution in [0.2, 0.25) is 0 Å². The molecular formula is C13H17NO. The van der Waals surface area contributed by atoms with Crippen LogP contribution >= 0.6 is 0 Å². The molecule has 3 rings (SSSR count). The monoisotopic (exact) mass is 203 g/mol. The van der Waals surface area contributed by atoms with Crippen molar-refractivity contribution in [3.05, 3.63) is 29.8 Å². The van der Waals surface area contributed by atoms with Crippen molar-refractivity contribution in [2.45, 2.75) is 25.4 Å². The first-order chi connectivity index (χ1) is 7.42. The number of ether oxygens (including phenoxy) is 1. The van der Waals surface area contributed by atoms with Gasteiger partial charge < -0.3 is 9.64 Å². The summed E-state index contributed by atoms with van der Waals surface area (Å²) >= 11 is 0. The zero-order chi connectivity index (χ0) is 10.1. The lowest BCUT2D eigenvalue weighted by Crippen LogP contribution is -2.17. The maximum Gasteiger partial charge on any atom is 0.0850 e. The van der Waals surface area contributed by atoms with E-state index in [1.807, 2.05) is 0 Å². The van der Waals surface area contributed by atoms with Crippen LogP contribution in [0.15, 0.2) is 24.3 Å². The van der Waals surface area contributed by atoms with Gasteiger partial charge in [0.05, 0.1) is 12.7 Å². The molecule has 0 amide bonds. The van der Waals surface area contributed by atoms with Crippen molar-refractivity contribution in [3.8, 4) is 0 Å². The topological polar surface area (TPSA) is 15.8 Å². The first kappa shape index (κ1) is 9.22. The summed E-state index contributed by atoms with van der Waals surface area (Å²) < 4.78 is 5.23. The summed E-state index contributed by atoms with van der Waals surface area (Å²) in [6.45, 7) is 3.41. The second-order valence-corrected chi connectivity index (χ2v) is 4.52. The molecule has 1 aromatic carbocycles. The van der Waals surface area contributed by atoms with Gasteiger partial charge in [-0.3, -0.25) is 0 Å². The van der Waals surface area contributed by atoms with Crippen molar-refractivity contribution in [2.24, 2.45) is 0 Å². The predicted molar refractivity (Wildman–Crippen MR) is 61.3 cm³/mol. The molecular weight excluding hydrogens is 186 g/mol. The summed E-state index contributed by atoms with van der Waals surface area (Å²) in [6, 6.07) is 9.00. The van der Waals surface area contributed by atoms with E-state index in [0.717, 1.165) is 13.0 Å². The van der Waals surface area contributed by atoms with Crippen molar-refractivity contribution in [2.75, 3.05) is 24.6 Å². The van der Waals surface area contributed by atoms with Gasteiger partial charge in [-0.05, 0) is 30.5 Å². The van der Waals surface area contributed by atoms with Gasteiger partial charge in [0.25, 0.3) is 0 Å². The number of benzene rings is 1. The molecule has 1 aromatic rings. The van der Waals surface area contributed by atoms with E-state index in [9.17, 15) is 0 Å². The lowest BCUT2D eigenvalue weighted by atomic mass is 10.1. The van der Waals surface area contributed by atoms with Crippen LogP contribution in [0.1, 0.15) is 18.4 Å². The van der Waals surface area contributed by atoms with E-state index >= 15 is 0 Å². The van der Waals surface area contributed by atoms with Gasteiger partial charge in [-0.1, -0.05) is 12.1 Å². The Hall–Kier alpha value is -1.02. The lowest BCUT2D eigenvalue weighted by molar-refractivity contribution is 0.407. The van der Waals surface area contributed by atoms with Crippen LogP contribution in [-0.2, 0) is 11.2 Å². The Bertz CT molecular complexity index is 323. The number of hydrogen-bond donors (Lipinski definition) is 0. The largest absolute Gasteiger partial charge is 0.373 e. The van der Waals surface area contributed by atoms with Crippen molar-refractivity contribution in [1.29, 1.82) is 0 Å². The molecule has 2 aliphatic rings. The molecule has 2 aliphatic heterocycles. The highest BCUT2D eigenvalue weighted by molar-refractivity contribution is 5.48. The summed E-state index contributed by atoms with van der Waals surface area (Å²) in [7, 11) is 0. The fourth-order valence-electron chi connectivity index (χ4n) is 2.27. The van der Waals surface area contributed by atoms with Gasteiger partial charge in [0.1, 0.15) is 0 Å². The maximum atomic E-state index is 5.23. The Morgan fingerprint density at radius 1 is 1.13 bits per heavy atom. The Morgan fingerprint density at radius 2 is 1.80 bits per heavy atom. The van der Waals surface area contributed by atoms with Crippen LogP contribution in [0.3, 0.4) is 0 Å². The van der Waals surface area contributed by atoms with E-state index in [0.29, 0.717) is 6.10 Å². The molecule has 2 heterocycles. The van der Waals surface area contributed by atoms with E-state index in [4.69, 9.17) is 4.74 Å². The zero-order valence-corrected chi connectivity index (χ0v) is 8.98. The standard InChI is InChI=1S/C13H17NO/c1-2-8-14(7-1)12-5-3-11(4-6-12)9-13-10-15-13/h3-6,13H,1-2,7-10H2. The SMILES string of the molecule is c1cc(N2CCCC2)ccc1CC1CO1. The van der Waals surface area contributed by atoms with Crippen LogP contribution in [0.25, 0.3) is 0 Å². The molecule has 2 fully saturated rings. The van der Waals surface area contributed by atoms with Crippen LogP contribution in [0.4, 0.5) is 5.69 Å². The molecule has 0 spiro atoms. The minimum atomic E-state index is 0.502. The molecule has 0 saturated carbocycles. The fraction of sp³-hybridized carbons (Fsp3) is 0.538. The third kappa shape index (κ3) is 2.15. The molecule has 80 valence electrons. The smallest absolute Gasteiger partial charge is 0.0850 e. The number of anilines is 1. The van der Waals surface area contributed by atoms with Gasteiger partial charge in [0.15, 0.2) is 0 Å². The summed E-state index contributed by atoms with van der Waals surface area (Å²) in [5.41, 5.74) is 2.79. The maximum absolute atomic E-state index is 5.23. The third-order valence-corrected chi connectivity index (χ3v) is 3.27. The fourth-order valence-corrected chi connectivity index (χ4v) is 2.27. The molecule has 0 bridgehead atoms. The van der Waals surface area contributed by atoms with Crippen molar-refractivity contribution in [3.63, 3.8) is 0 Å². The molecule has 0 N–H and O–H groups in total. The van der Waals surface area contributed by atoms with E-state index in [1.165, 1.54) is 37.2 Å². The first-order valence-corrected chi connectivity index (χ1v) is 5.87. The summed E-state index contributed by atoms with van der Waals surface area (Å²) in [5, 5.41) is 0. The number of epoxide rings is 1.